The van der Waals surface area contributed by atoms with Gasteiger partial charge in [-0.25, -0.2) is 8.42 Å². The Balaban J connectivity index is 2.55. The molecule has 4 heteroatoms. The van der Waals surface area contributed by atoms with Crippen molar-refractivity contribution in [2.24, 2.45) is 0 Å². The van der Waals surface area contributed by atoms with E-state index in [2.05, 4.69) is 0 Å². The number of sulfone groups is 1. The largest absolute Gasteiger partial charge is 0.497 e. The number of hydrogen-bond acceptors (Lipinski definition) is 3. The van der Waals surface area contributed by atoms with Crippen LogP contribution in [0.5, 0.6) is 5.75 Å². The van der Waals surface area contributed by atoms with Crippen LogP contribution in [0.2, 0.25) is 0 Å². The van der Waals surface area contributed by atoms with Crippen molar-refractivity contribution < 1.29 is 13.2 Å². The number of benzene rings is 2. The van der Waals surface area contributed by atoms with Gasteiger partial charge in [-0.05, 0) is 55.3 Å². The molecule has 0 saturated carbocycles. The molecule has 3 nitrogen and oxygen atoms in total. The molecule has 0 aliphatic carbocycles. The van der Waals surface area contributed by atoms with E-state index >= 15 is 0 Å². The highest BCUT2D eigenvalue weighted by molar-refractivity contribution is 7.91. The summed E-state index contributed by atoms with van der Waals surface area (Å²) in [6, 6.07) is 11.9. The lowest BCUT2D eigenvalue weighted by molar-refractivity contribution is 0.414. The highest BCUT2D eigenvalue weighted by Gasteiger charge is 2.19. The van der Waals surface area contributed by atoms with Crippen LogP contribution in [-0.4, -0.2) is 15.5 Å². The van der Waals surface area contributed by atoms with Gasteiger partial charge in [-0.1, -0.05) is 12.1 Å². The number of aryl methyl sites for hydroxylation is 2. The van der Waals surface area contributed by atoms with Crippen LogP contribution >= 0.6 is 0 Å². The van der Waals surface area contributed by atoms with Gasteiger partial charge in [0.15, 0.2) is 0 Å². The van der Waals surface area contributed by atoms with Crippen LogP contribution in [0.4, 0.5) is 0 Å². The molecular weight excluding hydrogens is 260 g/mol. The van der Waals surface area contributed by atoms with Crippen molar-refractivity contribution in [3.8, 4) is 5.75 Å². The third-order valence-electron chi connectivity index (χ3n) is 3.00. The molecule has 2 rings (SSSR count). The Morgan fingerprint density at radius 2 is 1.58 bits per heavy atom. The Labute approximate surface area is 113 Å². The third kappa shape index (κ3) is 2.63. The number of methoxy groups -OCH3 is 1. The predicted octanol–water partition coefficient (Wildman–Crippen LogP) is 3.14. The van der Waals surface area contributed by atoms with Crippen molar-refractivity contribution in [3.63, 3.8) is 0 Å². The molecule has 0 aliphatic rings. The number of ether oxygens (including phenoxy) is 1. The smallest absolute Gasteiger partial charge is 0.206 e. The molecule has 0 aliphatic heterocycles. The van der Waals surface area contributed by atoms with Crippen LogP contribution in [0.15, 0.2) is 52.3 Å². The molecule has 0 fully saturated rings. The summed E-state index contributed by atoms with van der Waals surface area (Å²) >= 11 is 0. The summed E-state index contributed by atoms with van der Waals surface area (Å²) in [7, 11) is -1.92. The summed E-state index contributed by atoms with van der Waals surface area (Å²) in [5, 5.41) is 0. The van der Waals surface area contributed by atoms with Crippen LogP contribution in [0.1, 0.15) is 11.1 Å². The van der Waals surface area contributed by atoms with E-state index in [0.717, 1.165) is 11.1 Å². The number of hydrogen-bond donors (Lipinski definition) is 0. The first-order valence-corrected chi connectivity index (χ1v) is 7.40. The molecule has 19 heavy (non-hydrogen) atoms. The summed E-state index contributed by atoms with van der Waals surface area (Å²) in [5.74, 6) is 0.639. The fourth-order valence-corrected chi connectivity index (χ4v) is 3.46. The van der Waals surface area contributed by atoms with Gasteiger partial charge >= 0.3 is 0 Å². The van der Waals surface area contributed by atoms with Gasteiger partial charge in [0, 0.05) is 0 Å². The quantitative estimate of drug-likeness (QED) is 0.865. The Hall–Kier alpha value is -1.81. The van der Waals surface area contributed by atoms with Gasteiger partial charge in [0.05, 0.1) is 16.9 Å². The van der Waals surface area contributed by atoms with Gasteiger partial charge in [0.25, 0.3) is 0 Å². The van der Waals surface area contributed by atoms with E-state index in [9.17, 15) is 8.42 Å². The topological polar surface area (TPSA) is 43.4 Å². The second-order valence-electron chi connectivity index (χ2n) is 4.45. The molecule has 0 heterocycles. The molecule has 100 valence electrons. The first-order chi connectivity index (χ1) is 8.95. The molecule has 0 unspecified atom stereocenters. The molecule has 0 bridgehead atoms. The lowest BCUT2D eigenvalue weighted by Gasteiger charge is -2.09. The van der Waals surface area contributed by atoms with Gasteiger partial charge in [-0.2, -0.15) is 0 Å². The Morgan fingerprint density at radius 1 is 0.947 bits per heavy atom. The van der Waals surface area contributed by atoms with Crippen molar-refractivity contribution in [2.75, 3.05) is 7.11 Å². The van der Waals surface area contributed by atoms with E-state index in [1.807, 2.05) is 19.1 Å². The van der Waals surface area contributed by atoms with Crippen LogP contribution in [-0.2, 0) is 9.84 Å². The lowest BCUT2D eigenvalue weighted by Crippen LogP contribution is -2.04. The highest BCUT2D eigenvalue weighted by Crippen LogP contribution is 2.26. The SMILES string of the molecule is COc1ccc(S(=O)(=O)c2cc(C)ccc2C)cc1. The van der Waals surface area contributed by atoms with Gasteiger partial charge in [0.2, 0.25) is 9.84 Å². The third-order valence-corrected chi connectivity index (χ3v) is 4.91. The molecule has 0 N–H and O–H groups in total. The van der Waals surface area contributed by atoms with Crippen molar-refractivity contribution in [2.45, 2.75) is 23.6 Å². The maximum atomic E-state index is 12.6. The molecule has 0 atom stereocenters. The van der Waals surface area contributed by atoms with Gasteiger partial charge in [0.1, 0.15) is 5.75 Å². The minimum Gasteiger partial charge on any atom is -0.497 e. The summed E-state index contributed by atoms with van der Waals surface area (Å²) in [4.78, 5) is 0.639. The summed E-state index contributed by atoms with van der Waals surface area (Å²) in [6.07, 6.45) is 0. The summed E-state index contributed by atoms with van der Waals surface area (Å²) in [6.45, 7) is 3.68. The minimum absolute atomic E-state index is 0.280. The predicted molar refractivity (Wildman–Crippen MR) is 74.4 cm³/mol. The van der Waals surface area contributed by atoms with Crippen LogP contribution in [0.3, 0.4) is 0 Å². The molecule has 0 aromatic heterocycles. The van der Waals surface area contributed by atoms with Crippen molar-refractivity contribution in [3.05, 3.63) is 53.6 Å². The molecule has 0 radical (unpaired) electrons. The second-order valence-corrected chi connectivity index (χ2v) is 6.37. The van der Waals surface area contributed by atoms with Crippen LogP contribution in [0, 0.1) is 13.8 Å². The zero-order chi connectivity index (χ0) is 14.0. The number of rotatable bonds is 3. The zero-order valence-electron chi connectivity index (χ0n) is 11.2. The first kappa shape index (κ1) is 13.6. The average molecular weight is 276 g/mol. The standard InChI is InChI=1S/C15H16O3S/c1-11-4-5-12(2)15(10-11)19(16,17)14-8-6-13(18-3)7-9-14/h4-10H,1-3H3. The van der Waals surface area contributed by atoms with Crippen molar-refractivity contribution >= 4 is 9.84 Å². The Bertz CT molecular complexity index is 686. The average Bonchev–Trinajstić information content (AvgIpc) is 2.41. The van der Waals surface area contributed by atoms with E-state index in [-0.39, 0.29) is 4.90 Å². The van der Waals surface area contributed by atoms with E-state index in [1.165, 1.54) is 0 Å². The maximum absolute atomic E-state index is 12.6. The van der Waals surface area contributed by atoms with Gasteiger partial charge in [-0.15, -0.1) is 0 Å². The zero-order valence-corrected chi connectivity index (χ0v) is 12.0. The second kappa shape index (κ2) is 5.05. The fraction of sp³-hybridized carbons (Fsp3) is 0.200. The molecule has 2 aromatic rings. The molecular formula is C15H16O3S. The fourth-order valence-electron chi connectivity index (χ4n) is 1.88. The van der Waals surface area contributed by atoms with Crippen LogP contribution < -0.4 is 4.74 Å². The van der Waals surface area contributed by atoms with E-state index in [1.54, 1.807) is 44.4 Å². The minimum atomic E-state index is -3.47. The van der Waals surface area contributed by atoms with Crippen molar-refractivity contribution in [1.29, 1.82) is 0 Å². The van der Waals surface area contributed by atoms with E-state index < -0.39 is 9.84 Å². The first-order valence-electron chi connectivity index (χ1n) is 5.91. The molecule has 0 spiro atoms. The molecule has 0 saturated heterocycles. The lowest BCUT2D eigenvalue weighted by atomic mass is 10.2. The normalized spacial score (nSPS) is 11.3. The summed E-state index contributed by atoms with van der Waals surface area (Å²) in [5.41, 5.74) is 1.68. The maximum Gasteiger partial charge on any atom is 0.206 e. The molecule has 0 amide bonds. The Kier molecular flexibility index (Phi) is 3.62. The Morgan fingerprint density at radius 3 is 2.16 bits per heavy atom. The van der Waals surface area contributed by atoms with E-state index in [4.69, 9.17) is 4.74 Å². The monoisotopic (exact) mass is 276 g/mol. The highest BCUT2D eigenvalue weighted by atomic mass is 32.2. The summed E-state index contributed by atoms with van der Waals surface area (Å²) < 4.78 is 30.2. The van der Waals surface area contributed by atoms with Crippen LogP contribution in [0.25, 0.3) is 0 Å². The van der Waals surface area contributed by atoms with Gasteiger partial charge < -0.3 is 4.74 Å². The van der Waals surface area contributed by atoms with Crippen molar-refractivity contribution in [1.82, 2.24) is 0 Å². The molecule has 2 aromatic carbocycles. The van der Waals surface area contributed by atoms with E-state index in [0.29, 0.717) is 10.6 Å². The van der Waals surface area contributed by atoms with Gasteiger partial charge in [-0.3, -0.25) is 0 Å².